The van der Waals surface area contributed by atoms with Crippen LogP contribution in [0.3, 0.4) is 0 Å². The molecule has 5 nitrogen and oxygen atoms in total. The Bertz CT molecular complexity index is 631. The van der Waals surface area contributed by atoms with Crippen LogP contribution in [0, 0.1) is 0 Å². The minimum Gasteiger partial charge on any atom is -0.271 e. The van der Waals surface area contributed by atoms with E-state index in [9.17, 15) is 0 Å². The lowest BCUT2D eigenvalue weighted by molar-refractivity contribution is 0.439. The smallest absolute Gasteiger partial charge is 0.0857 e. The van der Waals surface area contributed by atoms with Crippen LogP contribution >= 0.6 is 11.5 Å². The number of nitrogens with zero attached hydrogens (tertiary/aromatic N) is 3. The highest BCUT2D eigenvalue weighted by molar-refractivity contribution is 7.05. The summed E-state index contributed by atoms with van der Waals surface area (Å²) in [5.74, 6) is 6.17. The van der Waals surface area contributed by atoms with Gasteiger partial charge in [-0.3, -0.25) is 16.3 Å². The Morgan fingerprint density at radius 3 is 2.95 bits per heavy atom. The first-order chi connectivity index (χ1) is 10.0. The summed E-state index contributed by atoms with van der Waals surface area (Å²) in [6.07, 6.45) is 3.98. The molecule has 0 saturated heterocycles. The molecule has 1 aliphatic rings. The highest BCUT2D eigenvalue weighted by Gasteiger charge is 2.36. The normalized spacial score (nSPS) is 19.5. The Balaban J connectivity index is 2.00. The van der Waals surface area contributed by atoms with Crippen LogP contribution in [0.1, 0.15) is 61.0 Å². The first-order valence-electron chi connectivity index (χ1n) is 7.25. The molecule has 0 bridgehead atoms. The van der Waals surface area contributed by atoms with Gasteiger partial charge in [-0.05, 0) is 36.0 Å². The first-order valence-corrected chi connectivity index (χ1v) is 8.02. The third-order valence-corrected chi connectivity index (χ3v) is 4.90. The summed E-state index contributed by atoms with van der Waals surface area (Å²) in [5, 5.41) is 4.34. The Labute approximate surface area is 129 Å². The standard InChI is InChI=1S/C15H21N5S/c1-15(2,3)14-13(21-20-19-14)12(18-16)10-7-6-9-5-4-8-17-11(9)10/h4-5,8,10,12,18H,6-7,16H2,1-3H3. The molecule has 2 unspecified atom stereocenters. The Hall–Kier alpha value is -1.37. The minimum absolute atomic E-state index is 0.0235. The van der Waals surface area contributed by atoms with Crippen LogP contribution in [0.25, 0.3) is 0 Å². The largest absolute Gasteiger partial charge is 0.271 e. The van der Waals surface area contributed by atoms with Crippen molar-refractivity contribution in [1.29, 1.82) is 0 Å². The zero-order chi connectivity index (χ0) is 15.0. The van der Waals surface area contributed by atoms with Gasteiger partial charge in [-0.1, -0.05) is 31.3 Å². The van der Waals surface area contributed by atoms with Gasteiger partial charge in [-0.2, -0.15) is 0 Å². The maximum absolute atomic E-state index is 5.89. The van der Waals surface area contributed by atoms with Gasteiger partial charge in [-0.25, -0.2) is 0 Å². The zero-order valence-corrected chi connectivity index (χ0v) is 13.4. The van der Waals surface area contributed by atoms with E-state index in [0.29, 0.717) is 0 Å². The summed E-state index contributed by atoms with van der Waals surface area (Å²) >= 11 is 1.44. The molecule has 2 heterocycles. The number of pyridine rings is 1. The molecule has 0 spiro atoms. The molecule has 0 saturated carbocycles. The molecular weight excluding hydrogens is 282 g/mol. The second-order valence-corrected chi connectivity index (χ2v) is 7.36. The second kappa shape index (κ2) is 5.44. The first kappa shape index (κ1) is 14.6. The van der Waals surface area contributed by atoms with Crippen molar-refractivity contribution in [2.24, 2.45) is 5.84 Å². The van der Waals surface area contributed by atoms with Crippen LogP contribution in [-0.2, 0) is 11.8 Å². The molecule has 2 aromatic rings. The van der Waals surface area contributed by atoms with Crippen molar-refractivity contribution in [3.05, 3.63) is 40.2 Å². The van der Waals surface area contributed by atoms with Crippen LogP contribution < -0.4 is 11.3 Å². The van der Waals surface area contributed by atoms with Gasteiger partial charge >= 0.3 is 0 Å². The molecule has 0 amide bonds. The SMILES string of the molecule is CC(C)(C)c1nnsc1C(NN)C1CCc2cccnc21. The highest BCUT2D eigenvalue weighted by Crippen LogP contribution is 2.43. The summed E-state index contributed by atoms with van der Waals surface area (Å²) in [6, 6.07) is 4.18. The third kappa shape index (κ3) is 2.59. The van der Waals surface area contributed by atoms with Crippen molar-refractivity contribution in [2.45, 2.75) is 51.0 Å². The predicted octanol–water partition coefficient (Wildman–Crippen LogP) is 2.47. The van der Waals surface area contributed by atoms with Gasteiger partial charge < -0.3 is 0 Å². The number of fused-ring (bicyclic) bond motifs is 1. The fourth-order valence-corrected chi connectivity index (χ4v) is 4.05. The molecule has 6 heteroatoms. The van der Waals surface area contributed by atoms with E-state index in [1.165, 1.54) is 17.1 Å². The van der Waals surface area contributed by atoms with Gasteiger partial charge in [0.05, 0.1) is 16.6 Å². The Morgan fingerprint density at radius 2 is 2.24 bits per heavy atom. The lowest BCUT2D eigenvalue weighted by Crippen LogP contribution is -2.33. The second-order valence-electron chi connectivity index (χ2n) is 6.57. The fraction of sp³-hybridized carbons (Fsp3) is 0.533. The summed E-state index contributed by atoms with van der Waals surface area (Å²) in [7, 11) is 0. The van der Waals surface area contributed by atoms with Crippen LogP contribution in [0.5, 0.6) is 0 Å². The van der Waals surface area contributed by atoms with Gasteiger partial charge in [0.1, 0.15) is 0 Å². The van der Waals surface area contributed by atoms with Crippen molar-refractivity contribution < 1.29 is 0 Å². The molecule has 3 rings (SSSR count). The van der Waals surface area contributed by atoms with Gasteiger partial charge in [0.2, 0.25) is 0 Å². The molecule has 112 valence electrons. The predicted molar refractivity (Wildman–Crippen MR) is 84.0 cm³/mol. The lowest BCUT2D eigenvalue weighted by atomic mass is 9.86. The van der Waals surface area contributed by atoms with Crippen LogP contribution in [0.4, 0.5) is 0 Å². The zero-order valence-electron chi connectivity index (χ0n) is 12.6. The van der Waals surface area contributed by atoms with Gasteiger partial charge in [0.25, 0.3) is 0 Å². The number of hydrazine groups is 1. The number of hydrogen-bond acceptors (Lipinski definition) is 6. The molecule has 21 heavy (non-hydrogen) atoms. The van der Waals surface area contributed by atoms with E-state index >= 15 is 0 Å². The lowest BCUT2D eigenvalue weighted by Gasteiger charge is -2.25. The van der Waals surface area contributed by atoms with Crippen molar-refractivity contribution >= 4 is 11.5 Å². The minimum atomic E-state index is -0.0387. The van der Waals surface area contributed by atoms with E-state index in [2.05, 4.69) is 46.8 Å². The van der Waals surface area contributed by atoms with Crippen LogP contribution in [-0.4, -0.2) is 14.6 Å². The maximum Gasteiger partial charge on any atom is 0.0857 e. The fourth-order valence-electron chi connectivity index (χ4n) is 3.06. The van der Waals surface area contributed by atoms with Gasteiger partial charge in [0, 0.05) is 23.2 Å². The van der Waals surface area contributed by atoms with Crippen molar-refractivity contribution in [3.63, 3.8) is 0 Å². The number of rotatable bonds is 3. The van der Waals surface area contributed by atoms with E-state index in [1.54, 1.807) is 0 Å². The maximum atomic E-state index is 5.89. The van der Waals surface area contributed by atoms with E-state index in [1.807, 2.05) is 12.3 Å². The molecule has 3 N–H and O–H groups in total. The Morgan fingerprint density at radius 1 is 1.43 bits per heavy atom. The highest BCUT2D eigenvalue weighted by atomic mass is 32.1. The van der Waals surface area contributed by atoms with Crippen LogP contribution in [0.15, 0.2) is 18.3 Å². The van der Waals surface area contributed by atoms with Gasteiger partial charge in [-0.15, -0.1) is 5.10 Å². The average molecular weight is 303 g/mol. The molecular formula is C15H21N5S. The molecule has 0 radical (unpaired) electrons. The van der Waals surface area contributed by atoms with E-state index in [0.717, 1.165) is 29.1 Å². The number of nitrogens with two attached hydrogens (primary N) is 1. The van der Waals surface area contributed by atoms with Crippen LogP contribution in [0.2, 0.25) is 0 Å². The number of hydrogen-bond donors (Lipinski definition) is 2. The topological polar surface area (TPSA) is 76.7 Å². The molecule has 2 aromatic heterocycles. The molecule has 0 aliphatic heterocycles. The summed E-state index contributed by atoms with van der Waals surface area (Å²) in [4.78, 5) is 5.71. The third-order valence-electron chi connectivity index (χ3n) is 4.09. The van der Waals surface area contributed by atoms with Crippen molar-refractivity contribution in [2.75, 3.05) is 0 Å². The summed E-state index contributed by atoms with van der Waals surface area (Å²) < 4.78 is 4.16. The van der Waals surface area contributed by atoms with E-state index in [4.69, 9.17) is 5.84 Å². The molecule has 0 fully saturated rings. The van der Waals surface area contributed by atoms with Gasteiger partial charge in [0.15, 0.2) is 0 Å². The van der Waals surface area contributed by atoms with Crippen molar-refractivity contribution in [3.8, 4) is 0 Å². The van der Waals surface area contributed by atoms with E-state index in [-0.39, 0.29) is 17.4 Å². The number of aromatic nitrogens is 3. The quantitative estimate of drug-likeness (QED) is 0.673. The molecule has 1 aliphatic carbocycles. The summed E-state index contributed by atoms with van der Waals surface area (Å²) in [5.41, 5.74) is 6.47. The monoisotopic (exact) mass is 303 g/mol. The van der Waals surface area contributed by atoms with E-state index < -0.39 is 0 Å². The average Bonchev–Trinajstić information content (AvgIpc) is 3.07. The number of nitrogens with one attached hydrogen (secondary N) is 1. The van der Waals surface area contributed by atoms with Crippen molar-refractivity contribution in [1.82, 2.24) is 20.0 Å². The molecule has 0 aromatic carbocycles. The number of aryl methyl sites for hydroxylation is 1. The summed E-state index contributed by atoms with van der Waals surface area (Å²) in [6.45, 7) is 6.46. The Kier molecular flexibility index (Phi) is 3.77. The molecule has 2 atom stereocenters.